The molecule has 0 radical (unpaired) electrons. The minimum atomic E-state index is -1.34. The molecule has 3 aliphatic carbocycles. The molecule has 1 N–H and O–H groups in total. The van der Waals surface area contributed by atoms with Gasteiger partial charge in [-0.1, -0.05) is 109 Å². The van der Waals surface area contributed by atoms with Crippen molar-refractivity contribution in [2.45, 2.75) is 38.0 Å². The second-order valence-corrected chi connectivity index (χ2v) is 16.3. The molecular formula is C52H45NO7. The zero-order valence-corrected chi connectivity index (χ0v) is 33.9. The van der Waals surface area contributed by atoms with Gasteiger partial charge in [0, 0.05) is 23.0 Å². The topological polar surface area (TPSA) is 110 Å². The van der Waals surface area contributed by atoms with Gasteiger partial charge in [0.1, 0.15) is 17.2 Å². The third kappa shape index (κ3) is 6.04. The summed E-state index contributed by atoms with van der Waals surface area (Å²) in [6.45, 7) is 3.66. The van der Waals surface area contributed by atoms with E-state index in [1.165, 1.54) is 11.0 Å². The van der Waals surface area contributed by atoms with Gasteiger partial charge in [0.05, 0.1) is 37.2 Å². The Hall–Kier alpha value is -6.80. The number of allylic oxidation sites excluding steroid dienone is 4. The number of ketones is 2. The summed E-state index contributed by atoms with van der Waals surface area (Å²) >= 11 is 0. The van der Waals surface area contributed by atoms with Crippen molar-refractivity contribution >= 4 is 46.8 Å². The lowest BCUT2D eigenvalue weighted by molar-refractivity contribution is -0.135. The van der Waals surface area contributed by atoms with E-state index >= 15 is 9.59 Å². The van der Waals surface area contributed by atoms with Crippen LogP contribution in [0.4, 0.5) is 5.69 Å². The van der Waals surface area contributed by atoms with Gasteiger partial charge in [-0.3, -0.25) is 24.1 Å². The number of Topliss-reactive ketones (excluding diaryl/α,β-unsaturated/α-hetero) is 1. The fourth-order valence-electron chi connectivity index (χ4n) is 10.5. The van der Waals surface area contributed by atoms with Crippen LogP contribution in [0.5, 0.6) is 17.2 Å². The van der Waals surface area contributed by atoms with Gasteiger partial charge in [-0.05, 0) is 102 Å². The predicted molar refractivity (Wildman–Crippen MR) is 232 cm³/mol. The molecule has 8 heteroatoms. The zero-order chi connectivity index (χ0) is 41.9. The van der Waals surface area contributed by atoms with Crippen LogP contribution in [0, 0.1) is 37.5 Å². The van der Waals surface area contributed by atoms with Gasteiger partial charge < -0.3 is 14.6 Å². The average molecular weight is 796 g/mol. The van der Waals surface area contributed by atoms with Gasteiger partial charge in [0.2, 0.25) is 11.8 Å². The van der Waals surface area contributed by atoms with Crippen LogP contribution >= 0.6 is 0 Å². The number of amides is 2. The third-order valence-corrected chi connectivity index (χ3v) is 13.3. The molecule has 6 atom stereocenters. The van der Waals surface area contributed by atoms with Crippen LogP contribution in [0.1, 0.15) is 57.7 Å². The van der Waals surface area contributed by atoms with Crippen LogP contribution in [0.25, 0.3) is 17.7 Å². The van der Waals surface area contributed by atoms with Gasteiger partial charge in [-0.2, -0.15) is 0 Å². The molecule has 2 fully saturated rings. The molecule has 1 saturated carbocycles. The monoisotopic (exact) mass is 795 g/mol. The number of aromatic hydroxyl groups is 1. The molecule has 5 aromatic rings. The molecule has 0 spiro atoms. The van der Waals surface area contributed by atoms with Crippen LogP contribution in [0.2, 0.25) is 0 Å². The maximum absolute atomic E-state index is 15.3. The lowest BCUT2D eigenvalue weighted by Crippen LogP contribution is -2.58. The summed E-state index contributed by atoms with van der Waals surface area (Å²) < 4.78 is 10.9. The first-order chi connectivity index (χ1) is 29.1. The number of hydrogen-bond donors (Lipinski definition) is 1. The number of phenolic OH excluding ortho intramolecular Hbond substituents is 1. The summed E-state index contributed by atoms with van der Waals surface area (Å²) in [4.78, 5) is 61.2. The second kappa shape index (κ2) is 15.1. The fourth-order valence-corrected chi connectivity index (χ4v) is 10.5. The maximum atomic E-state index is 15.3. The highest BCUT2D eigenvalue weighted by Crippen LogP contribution is 2.64. The van der Waals surface area contributed by atoms with Crippen LogP contribution in [0.15, 0.2) is 133 Å². The number of carbonyl (C=O) groups is 4. The van der Waals surface area contributed by atoms with E-state index in [0.717, 1.165) is 27.8 Å². The van der Waals surface area contributed by atoms with Gasteiger partial charge in [-0.25, -0.2) is 0 Å². The molecule has 6 unspecified atom stereocenters. The molecule has 9 rings (SSSR count). The minimum absolute atomic E-state index is 0.160. The number of ether oxygens (including phenoxy) is 2. The summed E-state index contributed by atoms with van der Waals surface area (Å²) in [5.74, 6) is -2.71. The van der Waals surface area contributed by atoms with Crippen molar-refractivity contribution in [2.75, 3.05) is 19.1 Å². The molecule has 1 heterocycles. The van der Waals surface area contributed by atoms with Crippen molar-refractivity contribution in [3.05, 3.63) is 172 Å². The Bertz CT molecular complexity index is 2640. The van der Waals surface area contributed by atoms with E-state index in [1.54, 1.807) is 26.4 Å². The number of carbonyl (C=O) groups excluding carboxylic acids is 4. The van der Waals surface area contributed by atoms with E-state index < -0.39 is 35.0 Å². The van der Waals surface area contributed by atoms with Crippen LogP contribution in [-0.4, -0.2) is 42.7 Å². The van der Waals surface area contributed by atoms with Crippen LogP contribution in [-0.2, 0) is 24.6 Å². The molecule has 1 aliphatic heterocycles. The molecule has 60 heavy (non-hydrogen) atoms. The smallest absolute Gasteiger partial charge is 0.238 e. The third-order valence-electron chi connectivity index (χ3n) is 13.3. The Balaban J connectivity index is 1.14. The number of benzene rings is 5. The molecule has 2 amide bonds. The van der Waals surface area contributed by atoms with Crippen molar-refractivity contribution in [2.24, 2.45) is 23.7 Å². The van der Waals surface area contributed by atoms with E-state index in [1.807, 2.05) is 129 Å². The van der Waals surface area contributed by atoms with Gasteiger partial charge >= 0.3 is 0 Å². The van der Waals surface area contributed by atoms with Gasteiger partial charge in [0.15, 0.2) is 11.6 Å². The highest BCUT2D eigenvalue weighted by molar-refractivity contribution is 6.32. The van der Waals surface area contributed by atoms with E-state index in [9.17, 15) is 14.7 Å². The van der Waals surface area contributed by atoms with Crippen molar-refractivity contribution in [1.29, 1.82) is 0 Å². The number of anilines is 1. The highest BCUT2D eigenvalue weighted by Gasteiger charge is 2.66. The van der Waals surface area contributed by atoms with Crippen molar-refractivity contribution in [3.63, 3.8) is 0 Å². The van der Waals surface area contributed by atoms with Gasteiger partial charge in [-0.15, -0.1) is 0 Å². The highest BCUT2D eigenvalue weighted by atomic mass is 16.5. The summed E-state index contributed by atoms with van der Waals surface area (Å²) in [6, 6.07) is 35.5. The second-order valence-electron chi connectivity index (χ2n) is 16.3. The average Bonchev–Trinajstić information content (AvgIpc) is 3.54. The zero-order valence-electron chi connectivity index (χ0n) is 33.9. The summed E-state index contributed by atoms with van der Waals surface area (Å²) in [7, 11) is 3.22. The lowest BCUT2D eigenvalue weighted by Gasteiger charge is -2.55. The summed E-state index contributed by atoms with van der Waals surface area (Å²) in [5.41, 5.74) is 5.53. The Kier molecular flexibility index (Phi) is 9.74. The van der Waals surface area contributed by atoms with E-state index in [4.69, 9.17) is 9.47 Å². The maximum Gasteiger partial charge on any atom is 0.238 e. The lowest BCUT2D eigenvalue weighted by atomic mass is 9.44. The first-order valence-electron chi connectivity index (χ1n) is 20.4. The Morgan fingerprint density at radius 1 is 0.750 bits per heavy atom. The number of rotatable bonds is 8. The first kappa shape index (κ1) is 38.7. The van der Waals surface area contributed by atoms with E-state index in [2.05, 4.69) is 6.08 Å². The molecular weight excluding hydrogens is 751 g/mol. The summed E-state index contributed by atoms with van der Waals surface area (Å²) in [5, 5.41) is 10.9. The first-order valence-corrected chi connectivity index (χ1v) is 20.4. The molecule has 1 saturated heterocycles. The van der Waals surface area contributed by atoms with Crippen molar-refractivity contribution in [3.8, 4) is 17.2 Å². The Morgan fingerprint density at radius 3 is 2.10 bits per heavy atom. The molecule has 8 nitrogen and oxygen atoms in total. The SMILES string of the molecule is COc1ccc(OC)c(C=Cc2ccc(N3C(=O)C4CC=C5C(CC6C(=O)C(c7ccccc7)=CC(=O)C6(c6ccccc6)C5c5cc(C)c(O)c(C)c5)C4C3=O)cc2)c1. The number of methoxy groups -OCH3 is 2. The van der Waals surface area contributed by atoms with E-state index in [0.29, 0.717) is 45.9 Å². The number of nitrogens with zero attached hydrogens (tertiary/aromatic N) is 1. The number of hydrogen-bond acceptors (Lipinski definition) is 7. The van der Waals surface area contributed by atoms with Crippen LogP contribution in [0.3, 0.4) is 0 Å². The largest absolute Gasteiger partial charge is 0.507 e. The van der Waals surface area contributed by atoms with E-state index in [-0.39, 0.29) is 35.6 Å². The van der Waals surface area contributed by atoms with Crippen molar-refractivity contribution < 1.29 is 33.8 Å². The number of phenols is 1. The normalized spacial score (nSPS) is 24.7. The van der Waals surface area contributed by atoms with Gasteiger partial charge in [0.25, 0.3) is 0 Å². The molecule has 300 valence electrons. The number of aryl methyl sites for hydroxylation is 2. The molecule has 0 bridgehead atoms. The summed E-state index contributed by atoms with van der Waals surface area (Å²) in [6.07, 6.45) is 7.98. The number of imide groups is 1. The quantitative estimate of drug-likeness (QED) is 0.0948. The van der Waals surface area contributed by atoms with Crippen molar-refractivity contribution in [1.82, 2.24) is 0 Å². The minimum Gasteiger partial charge on any atom is -0.507 e. The Morgan fingerprint density at radius 2 is 1.43 bits per heavy atom. The standard InChI is InChI=1S/C52H45NO7/c1-30-25-35(26-31(2)48(30)55)47-39-22-23-40-46(51(58)53(50(40)57)37-19-16-32(17-20-37)15-18-34-27-38(59-3)21-24-44(34)60-4)42(39)28-43-49(56)41(33-11-7-5-8-12-33)29-45(54)52(43,47)36-13-9-6-10-14-36/h5-22,24-27,29,40,42-43,46-47,55H,23,28H2,1-4H3. The van der Waals surface area contributed by atoms with Crippen LogP contribution < -0.4 is 14.4 Å². The fraction of sp³-hybridized carbons (Fsp3) is 0.231. The molecule has 5 aromatic carbocycles. The predicted octanol–water partition coefficient (Wildman–Crippen LogP) is 9.23. The molecule has 0 aromatic heterocycles. The molecule has 4 aliphatic rings. The Labute approximate surface area is 349 Å². The number of fused-ring (bicyclic) bond motifs is 4.